The summed E-state index contributed by atoms with van der Waals surface area (Å²) < 4.78 is 12.8. The minimum absolute atomic E-state index is 0.224. The Labute approximate surface area is 87.9 Å². The second kappa shape index (κ2) is 4.51. The largest absolute Gasteiger partial charge is 0.257 e. The highest BCUT2D eigenvalue weighted by Gasteiger charge is 1.90. The van der Waals surface area contributed by atoms with E-state index in [0.717, 1.165) is 11.3 Å². The fourth-order valence-electron chi connectivity index (χ4n) is 1.27. The number of aromatic nitrogens is 1. The zero-order chi connectivity index (χ0) is 10.5. The zero-order valence-corrected chi connectivity index (χ0v) is 8.10. The molecule has 0 amide bonds. The third-order valence-electron chi connectivity index (χ3n) is 1.98. The molecule has 0 aliphatic rings. The van der Waals surface area contributed by atoms with Crippen molar-refractivity contribution in [2.45, 2.75) is 0 Å². The van der Waals surface area contributed by atoms with Crippen LogP contribution in [0.15, 0.2) is 48.7 Å². The summed E-state index contributed by atoms with van der Waals surface area (Å²) in [6, 6.07) is 12.1. The van der Waals surface area contributed by atoms with Crippen molar-refractivity contribution < 1.29 is 4.39 Å². The molecule has 15 heavy (non-hydrogen) atoms. The number of hydrogen-bond donors (Lipinski definition) is 0. The number of benzene rings is 1. The molecule has 0 aliphatic carbocycles. The molecule has 2 rings (SSSR count). The summed E-state index contributed by atoms with van der Waals surface area (Å²) in [7, 11) is 0. The van der Waals surface area contributed by atoms with Gasteiger partial charge in [-0.2, -0.15) is 0 Å². The van der Waals surface area contributed by atoms with Crippen LogP contribution in [0.5, 0.6) is 0 Å². The third kappa shape index (κ3) is 2.74. The molecule has 0 atom stereocenters. The number of halogens is 1. The van der Waals surface area contributed by atoms with Crippen molar-refractivity contribution in [3.05, 3.63) is 65.7 Å². The summed E-state index contributed by atoms with van der Waals surface area (Å²) in [6.07, 6.45) is 5.42. The molecule has 0 aliphatic heterocycles. The van der Waals surface area contributed by atoms with E-state index in [-0.39, 0.29) is 5.82 Å². The van der Waals surface area contributed by atoms with Gasteiger partial charge in [-0.3, -0.25) is 4.98 Å². The summed E-state index contributed by atoms with van der Waals surface area (Å²) in [4.78, 5) is 4.14. The van der Waals surface area contributed by atoms with E-state index in [1.54, 1.807) is 12.3 Å². The number of rotatable bonds is 2. The fraction of sp³-hybridized carbons (Fsp3) is 0. The molecule has 1 nitrogen and oxygen atoms in total. The van der Waals surface area contributed by atoms with Gasteiger partial charge in [-0.15, -0.1) is 0 Å². The Morgan fingerprint density at radius 3 is 2.67 bits per heavy atom. The molecule has 2 heteroatoms. The minimum Gasteiger partial charge on any atom is -0.257 e. The van der Waals surface area contributed by atoms with Gasteiger partial charge in [0.2, 0.25) is 0 Å². The lowest BCUT2D eigenvalue weighted by molar-refractivity contribution is 0.627. The lowest BCUT2D eigenvalue weighted by Gasteiger charge is -1.93. The van der Waals surface area contributed by atoms with Gasteiger partial charge in [0.1, 0.15) is 5.82 Å². The van der Waals surface area contributed by atoms with Crippen LogP contribution in [-0.2, 0) is 0 Å². The van der Waals surface area contributed by atoms with Crippen molar-refractivity contribution in [1.29, 1.82) is 0 Å². The highest BCUT2D eigenvalue weighted by atomic mass is 19.1. The Morgan fingerprint density at radius 2 is 1.93 bits per heavy atom. The quantitative estimate of drug-likeness (QED) is 0.722. The van der Waals surface area contributed by atoms with Gasteiger partial charge in [0.15, 0.2) is 0 Å². The SMILES string of the molecule is Fc1cccc(/C=C/c2ccccn2)c1. The van der Waals surface area contributed by atoms with Crippen molar-refractivity contribution >= 4 is 12.2 Å². The first-order valence-corrected chi connectivity index (χ1v) is 4.69. The first-order valence-electron chi connectivity index (χ1n) is 4.69. The zero-order valence-electron chi connectivity index (χ0n) is 8.10. The van der Waals surface area contributed by atoms with E-state index < -0.39 is 0 Å². The molecule has 74 valence electrons. The molecule has 1 aromatic heterocycles. The van der Waals surface area contributed by atoms with Crippen LogP contribution in [0, 0.1) is 5.82 Å². The van der Waals surface area contributed by atoms with E-state index >= 15 is 0 Å². The fourth-order valence-corrected chi connectivity index (χ4v) is 1.27. The second-order valence-electron chi connectivity index (χ2n) is 3.14. The van der Waals surface area contributed by atoms with Gasteiger partial charge >= 0.3 is 0 Å². The van der Waals surface area contributed by atoms with Crippen molar-refractivity contribution in [3.8, 4) is 0 Å². The Balaban J connectivity index is 2.19. The Bertz CT molecular complexity index is 463. The normalized spacial score (nSPS) is 10.7. The molecule has 1 heterocycles. The average Bonchev–Trinajstić information content (AvgIpc) is 2.28. The van der Waals surface area contributed by atoms with Crippen LogP contribution < -0.4 is 0 Å². The van der Waals surface area contributed by atoms with Gasteiger partial charge in [0, 0.05) is 6.20 Å². The van der Waals surface area contributed by atoms with E-state index in [0.29, 0.717) is 0 Å². The van der Waals surface area contributed by atoms with Gasteiger partial charge in [-0.25, -0.2) is 4.39 Å². The van der Waals surface area contributed by atoms with Crippen LogP contribution in [0.1, 0.15) is 11.3 Å². The molecule has 0 bridgehead atoms. The van der Waals surface area contributed by atoms with Crippen LogP contribution in [0.25, 0.3) is 12.2 Å². The first kappa shape index (κ1) is 9.59. The predicted octanol–water partition coefficient (Wildman–Crippen LogP) is 3.39. The second-order valence-corrected chi connectivity index (χ2v) is 3.14. The highest BCUT2D eigenvalue weighted by molar-refractivity contribution is 5.67. The van der Waals surface area contributed by atoms with E-state index in [9.17, 15) is 4.39 Å². The summed E-state index contributed by atoms with van der Waals surface area (Å²) in [5.74, 6) is -0.224. The number of hydrogen-bond acceptors (Lipinski definition) is 1. The van der Waals surface area contributed by atoms with Crippen molar-refractivity contribution in [1.82, 2.24) is 4.98 Å². The van der Waals surface area contributed by atoms with E-state index in [2.05, 4.69) is 4.98 Å². The van der Waals surface area contributed by atoms with Gasteiger partial charge in [0.05, 0.1) is 5.69 Å². The molecule has 0 unspecified atom stereocenters. The third-order valence-corrected chi connectivity index (χ3v) is 1.98. The van der Waals surface area contributed by atoms with Crippen LogP contribution in [0.3, 0.4) is 0 Å². The monoisotopic (exact) mass is 199 g/mol. The molecule has 0 saturated carbocycles. The number of nitrogens with zero attached hydrogens (tertiary/aromatic N) is 1. The topological polar surface area (TPSA) is 12.9 Å². The van der Waals surface area contributed by atoms with E-state index in [1.807, 2.05) is 36.4 Å². The Kier molecular flexibility index (Phi) is 2.88. The van der Waals surface area contributed by atoms with Crippen molar-refractivity contribution in [2.75, 3.05) is 0 Å². The molecule has 0 N–H and O–H groups in total. The number of pyridine rings is 1. The smallest absolute Gasteiger partial charge is 0.123 e. The molecular formula is C13H10FN. The van der Waals surface area contributed by atoms with Gasteiger partial charge in [-0.05, 0) is 35.9 Å². The Morgan fingerprint density at radius 1 is 1.00 bits per heavy atom. The van der Waals surface area contributed by atoms with E-state index in [4.69, 9.17) is 0 Å². The maximum atomic E-state index is 12.8. The predicted molar refractivity (Wildman–Crippen MR) is 59.6 cm³/mol. The molecule has 1 aromatic carbocycles. The molecule has 0 fully saturated rings. The summed E-state index contributed by atoms with van der Waals surface area (Å²) >= 11 is 0. The maximum absolute atomic E-state index is 12.8. The van der Waals surface area contributed by atoms with Crippen LogP contribution in [0.4, 0.5) is 4.39 Å². The molecule has 2 aromatic rings. The standard InChI is InChI=1S/C13H10FN/c14-12-5-3-4-11(10-12)7-8-13-6-1-2-9-15-13/h1-10H/b8-7+. The highest BCUT2D eigenvalue weighted by Crippen LogP contribution is 2.07. The summed E-state index contributed by atoms with van der Waals surface area (Å²) in [6.45, 7) is 0. The maximum Gasteiger partial charge on any atom is 0.123 e. The first-order chi connectivity index (χ1) is 7.34. The lowest BCUT2D eigenvalue weighted by Crippen LogP contribution is -1.78. The summed E-state index contributed by atoms with van der Waals surface area (Å²) in [5, 5.41) is 0. The van der Waals surface area contributed by atoms with Gasteiger partial charge < -0.3 is 0 Å². The minimum atomic E-state index is -0.224. The van der Waals surface area contributed by atoms with E-state index in [1.165, 1.54) is 12.1 Å². The molecule has 0 spiro atoms. The van der Waals surface area contributed by atoms with Gasteiger partial charge in [0.25, 0.3) is 0 Å². The van der Waals surface area contributed by atoms with Crippen LogP contribution in [-0.4, -0.2) is 4.98 Å². The lowest BCUT2D eigenvalue weighted by atomic mass is 10.2. The molecular weight excluding hydrogens is 189 g/mol. The van der Waals surface area contributed by atoms with Gasteiger partial charge in [-0.1, -0.05) is 24.3 Å². The van der Waals surface area contributed by atoms with Crippen molar-refractivity contribution in [3.63, 3.8) is 0 Å². The van der Waals surface area contributed by atoms with Crippen LogP contribution in [0.2, 0.25) is 0 Å². The molecule has 0 radical (unpaired) electrons. The summed E-state index contributed by atoms with van der Waals surface area (Å²) in [5.41, 5.74) is 1.70. The Hall–Kier alpha value is -1.96. The van der Waals surface area contributed by atoms with Crippen LogP contribution >= 0.6 is 0 Å². The average molecular weight is 199 g/mol. The van der Waals surface area contributed by atoms with Crippen molar-refractivity contribution in [2.24, 2.45) is 0 Å². The molecule has 0 saturated heterocycles.